The fourth-order valence-electron chi connectivity index (χ4n) is 1.47. The highest BCUT2D eigenvalue weighted by atomic mass is 16.4. The lowest BCUT2D eigenvalue weighted by Crippen LogP contribution is -2.29. The number of carbonyl (C=O) groups is 1. The second-order valence-corrected chi connectivity index (χ2v) is 3.38. The van der Waals surface area contributed by atoms with Crippen LogP contribution in [0.15, 0.2) is 37.2 Å². The molecule has 3 nitrogen and oxygen atoms in total. The molecule has 0 aliphatic carbocycles. The third-order valence-electron chi connectivity index (χ3n) is 2.27. The van der Waals surface area contributed by atoms with Crippen molar-refractivity contribution in [3.8, 4) is 0 Å². The molecule has 1 aromatic heterocycles. The molecular weight excluding hydrogens is 190 g/mol. The van der Waals surface area contributed by atoms with Crippen LogP contribution in [-0.2, 0) is 4.79 Å². The van der Waals surface area contributed by atoms with Crippen LogP contribution >= 0.6 is 0 Å². The van der Waals surface area contributed by atoms with Crippen LogP contribution in [0.4, 0.5) is 0 Å². The van der Waals surface area contributed by atoms with Crippen LogP contribution in [0.3, 0.4) is 0 Å². The molecule has 0 spiro atoms. The van der Waals surface area contributed by atoms with Crippen LogP contribution in [0.25, 0.3) is 0 Å². The number of nitrogens with zero attached hydrogens (tertiary/aromatic N) is 1. The Morgan fingerprint density at radius 1 is 1.67 bits per heavy atom. The molecule has 0 saturated heterocycles. The molecule has 0 aliphatic rings. The molecule has 0 N–H and O–H groups in total. The highest BCUT2D eigenvalue weighted by Gasteiger charge is 2.11. The molecule has 0 aromatic carbocycles. The van der Waals surface area contributed by atoms with Crippen LogP contribution in [-0.4, -0.2) is 11.0 Å². The highest BCUT2D eigenvalue weighted by molar-refractivity contribution is 5.73. The summed E-state index contributed by atoms with van der Waals surface area (Å²) in [5.74, 6) is -1.59. The van der Waals surface area contributed by atoms with Gasteiger partial charge in [-0.1, -0.05) is 12.1 Å². The molecule has 80 valence electrons. The van der Waals surface area contributed by atoms with Gasteiger partial charge in [-0.15, -0.1) is 6.58 Å². The average molecular weight is 204 g/mol. The largest absolute Gasteiger partial charge is 0.549 e. The van der Waals surface area contributed by atoms with Gasteiger partial charge in [0.1, 0.15) is 0 Å². The van der Waals surface area contributed by atoms with E-state index in [0.717, 1.165) is 12.8 Å². The van der Waals surface area contributed by atoms with Gasteiger partial charge in [0.25, 0.3) is 0 Å². The number of rotatable bonds is 6. The van der Waals surface area contributed by atoms with Crippen molar-refractivity contribution < 1.29 is 9.90 Å². The second kappa shape index (κ2) is 5.96. The van der Waals surface area contributed by atoms with Crippen molar-refractivity contribution in [2.24, 2.45) is 0 Å². The van der Waals surface area contributed by atoms with E-state index in [9.17, 15) is 9.90 Å². The van der Waals surface area contributed by atoms with Gasteiger partial charge in [-0.2, -0.15) is 0 Å². The first-order valence-electron chi connectivity index (χ1n) is 4.97. The van der Waals surface area contributed by atoms with E-state index in [-0.39, 0.29) is 0 Å². The number of aromatic nitrogens is 1. The van der Waals surface area contributed by atoms with Crippen molar-refractivity contribution in [1.29, 1.82) is 0 Å². The normalized spacial score (nSPS) is 12.0. The molecule has 1 atom stereocenters. The van der Waals surface area contributed by atoms with Gasteiger partial charge in [-0.25, -0.2) is 0 Å². The molecule has 0 bridgehead atoms. The Labute approximate surface area is 89.5 Å². The van der Waals surface area contributed by atoms with Crippen molar-refractivity contribution in [1.82, 2.24) is 4.98 Å². The maximum Gasteiger partial charge on any atom is 0.0489 e. The summed E-state index contributed by atoms with van der Waals surface area (Å²) in [6.07, 6.45) is 7.19. The van der Waals surface area contributed by atoms with E-state index in [1.54, 1.807) is 30.6 Å². The van der Waals surface area contributed by atoms with Gasteiger partial charge in [0.15, 0.2) is 0 Å². The molecular formula is C12H14NO2-. The summed E-state index contributed by atoms with van der Waals surface area (Å²) < 4.78 is 0. The molecule has 1 aromatic rings. The maximum atomic E-state index is 10.9. The van der Waals surface area contributed by atoms with Crippen molar-refractivity contribution in [2.45, 2.75) is 25.2 Å². The molecule has 3 heteroatoms. The van der Waals surface area contributed by atoms with E-state index in [4.69, 9.17) is 0 Å². The Balaban J connectivity index is 2.66. The summed E-state index contributed by atoms with van der Waals surface area (Å²) in [6, 6.07) is 3.50. The minimum absolute atomic E-state index is 0.557. The van der Waals surface area contributed by atoms with E-state index in [0.29, 0.717) is 12.0 Å². The molecule has 0 amide bonds. The van der Waals surface area contributed by atoms with Gasteiger partial charge >= 0.3 is 0 Å². The molecule has 1 rings (SSSR count). The molecule has 15 heavy (non-hydrogen) atoms. The van der Waals surface area contributed by atoms with Gasteiger partial charge in [0.05, 0.1) is 0 Å². The first-order valence-corrected chi connectivity index (χ1v) is 4.97. The zero-order valence-electron chi connectivity index (χ0n) is 8.56. The van der Waals surface area contributed by atoms with Crippen LogP contribution in [0.1, 0.15) is 30.7 Å². The molecule has 0 aliphatic heterocycles. The zero-order chi connectivity index (χ0) is 11.1. The lowest BCUT2D eigenvalue weighted by Gasteiger charge is -2.17. The Bertz CT molecular complexity index is 322. The van der Waals surface area contributed by atoms with Crippen LogP contribution < -0.4 is 5.11 Å². The monoisotopic (exact) mass is 204 g/mol. The van der Waals surface area contributed by atoms with Gasteiger partial charge in [0, 0.05) is 24.3 Å². The number of unbranched alkanes of at least 4 members (excludes halogenated alkanes) is 1. The summed E-state index contributed by atoms with van der Waals surface area (Å²) in [5, 5.41) is 10.9. The first-order chi connectivity index (χ1) is 7.25. The molecule has 0 radical (unpaired) electrons. The number of carboxylic acids is 1. The minimum Gasteiger partial charge on any atom is -0.549 e. The average Bonchev–Trinajstić information content (AvgIpc) is 2.25. The number of carbonyl (C=O) groups excluding carboxylic acids is 1. The minimum atomic E-state index is -1.04. The fourth-order valence-corrected chi connectivity index (χ4v) is 1.47. The lowest BCUT2D eigenvalue weighted by atomic mass is 9.95. The molecule has 0 saturated carbocycles. The third kappa shape index (κ3) is 3.54. The van der Waals surface area contributed by atoms with Crippen molar-refractivity contribution in [3.63, 3.8) is 0 Å². The second-order valence-electron chi connectivity index (χ2n) is 3.38. The summed E-state index contributed by atoms with van der Waals surface area (Å²) in [7, 11) is 0. The van der Waals surface area contributed by atoms with E-state index < -0.39 is 11.9 Å². The van der Waals surface area contributed by atoms with Gasteiger partial charge in [0.2, 0.25) is 0 Å². The van der Waals surface area contributed by atoms with Crippen molar-refractivity contribution >= 4 is 5.97 Å². The van der Waals surface area contributed by atoms with Crippen molar-refractivity contribution in [2.75, 3.05) is 0 Å². The number of aliphatic carboxylic acids is 1. The van der Waals surface area contributed by atoms with Crippen LogP contribution in [0, 0.1) is 0 Å². The number of carboxylic acid groups (broad SMARTS) is 1. The van der Waals surface area contributed by atoms with E-state index in [1.807, 2.05) is 0 Å². The fraction of sp³-hybridized carbons (Fsp3) is 0.333. The van der Waals surface area contributed by atoms with Crippen LogP contribution in [0.2, 0.25) is 0 Å². The predicted octanol–water partition coefficient (Wildman–Crippen LogP) is 1.27. The van der Waals surface area contributed by atoms with Gasteiger partial charge < -0.3 is 9.90 Å². The quantitative estimate of drug-likeness (QED) is 0.518. The smallest absolute Gasteiger partial charge is 0.0489 e. The molecule has 0 fully saturated rings. The SMILES string of the molecule is C=CCCCC(C(=O)[O-])c1cccnc1. The van der Waals surface area contributed by atoms with E-state index in [1.165, 1.54) is 0 Å². The predicted molar refractivity (Wildman–Crippen MR) is 56.0 cm³/mol. The molecule has 1 unspecified atom stereocenters. The lowest BCUT2D eigenvalue weighted by molar-refractivity contribution is -0.308. The standard InChI is InChI=1S/C12H15NO2/c1-2-3-4-7-11(12(14)15)10-6-5-8-13-9-10/h2,5-6,8-9,11H,1,3-4,7H2,(H,14,15)/p-1. The number of hydrogen-bond acceptors (Lipinski definition) is 3. The van der Waals surface area contributed by atoms with Gasteiger partial charge in [-0.05, 0) is 30.9 Å². The Hall–Kier alpha value is -1.64. The van der Waals surface area contributed by atoms with Crippen LogP contribution in [0.5, 0.6) is 0 Å². The first kappa shape index (κ1) is 11.4. The Morgan fingerprint density at radius 2 is 2.47 bits per heavy atom. The molecule has 1 heterocycles. The number of hydrogen-bond donors (Lipinski definition) is 0. The zero-order valence-corrected chi connectivity index (χ0v) is 8.56. The van der Waals surface area contributed by atoms with Gasteiger partial charge in [-0.3, -0.25) is 4.98 Å². The van der Waals surface area contributed by atoms with E-state index in [2.05, 4.69) is 11.6 Å². The van der Waals surface area contributed by atoms with E-state index >= 15 is 0 Å². The number of allylic oxidation sites excluding steroid dienone is 1. The maximum absolute atomic E-state index is 10.9. The Kier molecular flexibility index (Phi) is 4.54. The van der Waals surface area contributed by atoms with Crippen molar-refractivity contribution in [3.05, 3.63) is 42.7 Å². The summed E-state index contributed by atoms with van der Waals surface area (Å²) in [6.45, 7) is 3.60. The summed E-state index contributed by atoms with van der Waals surface area (Å²) in [4.78, 5) is 14.8. The Morgan fingerprint density at radius 3 is 3.00 bits per heavy atom. The number of pyridine rings is 1. The topological polar surface area (TPSA) is 53.0 Å². The highest BCUT2D eigenvalue weighted by Crippen LogP contribution is 2.20. The summed E-state index contributed by atoms with van der Waals surface area (Å²) >= 11 is 0. The third-order valence-corrected chi connectivity index (χ3v) is 2.27. The summed E-state index contributed by atoms with van der Waals surface area (Å²) in [5.41, 5.74) is 0.710.